The molecular weight excluding hydrogens is 266 g/mol. The van der Waals surface area contributed by atoms with E-state index < -0.39 is 0 Å². The zero-order valence-electron chi connectivity index (χ0n) is 13.4. The van der Waals surface area contributed by atoms with Gasteiger partial charge in [-0.1, -0.05) is 25.9 Å². The topological polar surface area (TPSA) is 60.2 Å². The summed E-state index contributed by atoms with van der Waals surface area (Å²) in [5.41, 5.74) is 0.409. The van der Waals surface area contributed by atoms with Gasteiger partial charge in [-0.15, -0.1) is 0 Å². The number of nitrogens with one attached hydrogen (secondary N) is 1. The molecule has 1 N–H and O–H groups in total. The van der Waals surface area contributed by atoms with Gasteiger partial charge in [-0.2, -0.15) is 4.98 Å². The summed E-state index contributed by atoms with van der Waals surface area (Å²) in [5, 5.41) is 7.43. The van der Waals surface area contributed by atoms with Crippen molar-refractivity contribution in [2.24, 2.45) is 11.3 Å². The molecule has 1 aliphatic carbocycles. The van der Waals surface area contributed by atoms with Crippen LogP contribution in [0.2, 0.25) is 0 Å². The molecule has 1 saturated carbocycles. The lowest BCUT2D eigenvalue weighted by atomic mass is 9.70. The molecule has 0 aromatic carbocycles. The molecule has 1 aromatic rings. The predicted octanol–water partition coefficient (Wildman–Crippen LogP) is 3.05. The highest BCUT2D eigenvalue weighted by molar-refractivity contribution is 5.00. The van der Waals surface area contributed by atoms with Crippen LogP contribution < -0.4 is 5.32 Å². The van der Waals surface area contributed by atoms with E-state index in [1.807, 2.05) is 0 Å². The van der Waals surface area contributed by atoms with E-state index in [1.165, 1.54) is 12.8 Å². The summed E-state index contributed by atoms with van der Waals surface area (Å²) in [6.07, 6.45) is 4.78. The van der Waals surface area contributed by atoms with Crippen molar-refractivity contribution in [3.63, 3.8) is 0 Å². The largest absolute Gasteiger partial charge is 0.367 e. The van der Waals surface area contributed by atoms with Gasteiger partial charge in [-0.05, 0) is 37.0 Å². The maximum atomic E-state index is 5.68. The molecule has 0 amide bonds. The number of nitrogens with zero attached hydrogens (tertiary/aromatic N) is 2. The van der Waals surface area contributed by atoms with Crippen LogP contribution in [0.3, 0.4) is 0 Å². The summed E-state index contributed by atoms with van der Waals surface area (Å²) in [5.74, 6) is 2.75. The molecule has 0 bridgehead atoms. The van der Waals surface area contributed by atoms with Crippen molar-refractivity contribution in [2.75, 3.05) is 19.7 Å². The van der Waals surface area contributed by atoms with Crippen LogP contribution in [0.4, 0.5) is 0 Å². The van der Waals surface area contributed by atoms with E-state index >= 15 is 0 Å². The third-order valence-electron chi connectivity index (χ3n) is 4.97. The Morgan fingerprint density at radius 2 is 1.90 bits per heavy atom. The van der Waals surface area contributed by atoms with E-state index in [4.69, 9.17) is 9.26 Å². The summed E-state index contributed by atoms with van der Waals surface area (Å²) < 4.78 is 11.2. The molecule has 2 fully saturated rings. The molecule has 1 unspecified atom stereocenters. The summed E-state index contributed by atoms with van der Waals surface area (Å²) in [6.45, 7) is 9.42. The zero-order chi connectivity index (χ0) is 14.9. The van der Waals surface area contributed by atoms with Gasteiger partial charge in [0.25, 0.3) is 0 Å². The molecule has 5 nitrogen and oxygen atoms in total. The zero-order valence-corrected chi connectivity index (χ0v) is 13.4. The Labute approximate surface area is 126 Å². The first-order valence-corrected chi connectivity index (χ1v) is 8.20. The smallest absolute Gasteiger partial charge is 0.229 e. The Hall–Kier alpha value is -0.940. The first-order chi connectivity index (χ1) is 10.0. The molecule has 0 spiro atoms. The molecule has 1 aromatic heterocycles. The monoisotopic (exact) mass is 293 g/mol. The molecule has 0 radical (unpaired) electrons. The molecule has 1 saturated heterocycles. The third kappa shape index (κ3) is 3.46. The predicted molar refractivity (Wildman–Crippen MR) is 80.0 cm³/mol. The quantitative estimate of drug-likeness (QED) is 0.908. The van der Waals surface area contributed by atoms with Gasteiger partial charge in [0.2, 0.25) is 11.7 Å². The van der Waals surface area contributed by atoms with Crippen molar-refractivity contribution in [2.45, 2.75) is 58.5 Å². The van der Waals surface area contributed by atoms with E-state index in [1.54, 1.807) is 0 Å². The van der Waals surface area contributed by atoms with Gasteiger partial charge in [0.05, 0.1) is 6.61 Å². The fourth-order valence-corrected chi connectivity index (χ4v) is 3.48. The fraction of sp³-hybridized carbons (Fsp3) is 0.875. The number of hydrogen-bond acceptors (Lipinski definition) is 5. The molecule has 1 aliphatic heterocycles. The Morgan fingerprint density at radius 1 is 1.14 bits per heavy atom. The average Bonchev–Trinajstić information content (AvgIpc) is 2.97. The number of morpholine rings is 1. The van der Waals surface area contributed by atoms with Crippen molar-refractivity contribution in [3.05, 3.63) is 11.7 Å². The van der Waals surface area contributed by atoms with Crippen molar-refractivity contribution in [1.29, 1.82) is 0 Å². The molecule has 3 rings (SSSR count). The first kappa shape index (κ1) is 15.0. The van der Waals surface area contributed by atoms with Gasteiger partial charge < -0.3 is 14.6 Å². The molecule has 2 aliphatic rings. The Morgan fingerprint density at radius 3 is 2.52 bits per heavy atom. The molecule has 118 valence electrons. The lowest BCUT2D eigenvalue weighted by Crippen LogP contribution is -2.33. The summed E-state index contributed by atoms with van der Waals surface area (Å²) >= 11 is 0. The Kier molecular flexibility index (Phi) is 4.31. The Bertz CT molecular complexity index is 452. The van der Waals surface area contributed by atoms with Crippen molar-refractivity contribution < 1.29 is 9.26 Å². The minimum Gasteiger partial charge on any atom is -0.367 e. The number of aromatic nitrogens is 2. The number of hydrogen-bond donors (Lipinski definition) is 1. The van der Waals surface area contributed by atoms with E-state index in [0.717, 1.165) is 37.7 Å². The third-order valence-corrected chi connectivity index (χ3v) is 4.97. The SMILES string of the molecule is CC(C)(C)C1CCC(c2nc(C3CNCCO3)no2)CC1. The van der Waals surface area contributed by atoms with Crippen LogP contribution in [0.1, 0.15) is 70.2 Å². The van der Waals surface area contributed by atoms with Crippen LogP contribution in [-0.2, 0) is 4.74 Å². The van der Waals surface area contributed by atoms with Crippen LogP contribution in [0.15, 0.2) is 4.52 Å². The van der Waals surface area contributed by atoms with Crippen molar-refractivity contribution in [1.82, 2.24) is 15.5 Å². The first-order valence-electron chi connectivity index (χ1n) is 8.20. The fourth-order valence-electron chi connectivity index (χ4n) is 3.48. The molecular formula is C16H27N3O2. The van der Waals surface area contributed by atoms with Gasteiger partial charge >= 0.3 is 0 Å². The second kappa shape index (κ2) is 6.05. The molecule has 2 heterocycles. The highest BCUT2D eigenvalue weighted by Gasteiger charge is 2.33. The number of rotatable bonds is 2. The van der Waals surface area contributed by atoms with Crippen molar-refractivity contribution >= 4 is 0 Å². The van der Waals surface area contributed by atoms with E-state index in [0.29, 0.717) is 23.8 Å². The highest BCUT2D eigenvalue weighted by Crippen LogP contribution is 2.42. The van der Waals surface area contributed by atoms with E-state index in [9.17, 15) is 0 Å². The van der Waals surface area contributed by atoms with Gasteiger partial charge in [0.15, 0.2) is 0 Å². The normalized spacial score (nSPS) is 31.3. The van der Waals surface area contributed by atoms with Crippen LogP contribution in [0, 0.1) is 11.3 Å². The second-order valence-corrected chi connectivity index (χ2v) is 7.47. The highest BCUT2D eigenvalue weighted by atomic mass is 16.5. The second-order valence-electron chi connectivity index (χ2n) is 7.47. The molecule has 1 atom stereocenters. The van der Waals surface area contributed by atoms with Gasteiger partial charge in [0.1, 0.15) is 6.10 Å². The van der Waals surface area contributed by atoms with Gasteiger partial charge in [-0.3, -0.25) is 0 Å². The lowest BCUT2D eigenvalue weighted by molar-refractivity contribution is 0.0208. The van der Waals surface area contributed by atoms with Crippen LogP contribution in [0.5, 0.6) is 0 Å². The van der Waals surface area contributed by atoms with Crippen molar-refractivity contribution in [3.8, 4) is 0 Å². The van der Waals surface area contributed by atoms with E-state index in [-0.39, 0.29) is 6.10 Å². The van der Waals surface area contributed by atoms with Gasteiger partial charge in [-0.25, -0.2) is 0 Å². The minimum absolute atomic E-state index is 0.0536. The standard InChI is InChI=1S/C16H27N3O2/c1-16(2,3)12-6-4-11(5-7-12)15-18-14(19-21-15)13-10-17-8-9-20-13/h11-13,17H,4-10H2,1-3H3. The summed E-state index contributed by atoms with van der Waals surface area (Å²) in [7, 11) is 0. The minimum atomic E-state index is -0.0536. The maximum Gasteiger partial charge on any atom is 0.229 e. The lowest BCUT2D eigenvalue weighted by Gasteiger charge is -2.35. The van der Waals surface area contributed by atoms with Gasteiger partial charge in [0, 0.05) is 19.0 Å². The Balaban J connectivity index is 1.60. The average molecular weight is 293 g/mol. The molecule has 5 heteroatoms. The van der Waals surface area contributed by atoms with E-state index in [2.05, 4.69) is 36.2 Å². The van der Waals surface area contributed by atoms with Crippen LogP contribution in [0.25, 0.3) is 0 Å². The maximum absolute atomic E-state index is 5.68. The molecule has 21 heavy (non-hydrogen) atoms. The van der Waals surface area contributed by atoms with Crippen LogP contribution in [-0.4, -0.2) is 29.8 Å². The number of ether oxygens (including phenoxy) is 1. The van der Waals surface area contributed by atoms with Crippen LogP contribution >= 0.6 is 0 Å². The summed E-state index contributed by atoms with van der Waals surface area (Å²) in [6, 6.07) is 0. The summed E-state index contributed by atoms with van der Waals surface area (Å²) in [4.78, 5) is 4.60.